The van der Waals surface area contributed by atoms with Crippen molar-refractivity contribution in [2.45, 2.75) is 19.4 Å². The van der Waals surface area contributed by atoms with Crippen molar-refractivity contribution in [3.05, 3.63) is 57.6 Å². The number of aromatic amines is 1. The average molecular weight is 356 g/mol. The van der Waals surface area contributed by atoms with E-state index in [0.29, 0.717) is 6.54 Å². The van der Waals surface area contributed by atoms with E-state index in [4.69, 9.17) is 12.2 Å². The van der Waals surface area contributed by atoms with E-state index in [1.807, 2.05) is 18.2 Å². The molecule has 1 aromatic carbocycles. The summed E-state index contributed by atoms with van der Waals surface area (Å²) in [4.78, 5) is 21.3. The van der Waals surface area contributed by atoms with E-state index in [1.54, 1.807) is 6.08 Å². The van der Waals surface area contributed by atoms with E-state index in [2.05, 4.69) is 27.5 Å². The fourth-order valence-corrected chi connectivity index (χ4v) is 3.13. The van der Waals surface area contributed by atoms with Crippen molar-refractivity contribution in [1.29, 1.82) is 0 Å². The Labute approximate surface area is 150 Å². The van der Waals surface area contributed by atoms with E-state index in [0.717, 1.165) is 24.5 Å². The summed E-state index contributed by atoms with van der Waals surface area (Å²) < 4.78 is 1.54. The van der Waals surface area contributed by atoms with Gasteiger partial charge >= 0.3 is 0 Å². The maximum Gasteiger partial charge on any atom is 0.264 e. The quantitative estimate of drug-likeness (QED) is 0.490. The Morgan fingerprint density at radius 2 is 2.12 bits per heavy atom. The van der Waals surface area contributed by atoms with Gasteiger partial charge in [-0.2, -0.15) is 0 Å². The van der Waals surface area contributed by atoms with Crippen molar-refractivity contribution in [3.8, 4) is 5.88 Å². The summed E-state index contributed by atoms with van der Waals surface area (Å²) in [7, 11) is 0. The third-order valence-corrected chi connectivity index (χ3v) is 4.48. The lowest BCUT2D eigenvalue weighted by Gasteiger charge is -2.17. The van der Waals surface area contributed by atoms with Crippen LogP contribution in [0.2, 0.25) is 0 Å². The number of allylic oxidation sites excluding steroid dienone is 1. The van der Waals surface area contributed by atoms with Crippen molar-refractivity contribution in [2.24, 2.45) is 4.99 Å². The van der Waals surface area contributed by atoms with Gasteiger partial charge in [0.05, 0.1) is 5.69 Å². The normalized spacial score (nSPS) is 14.3. The highest BCUT2D eigenvalue weighted by molar-refractivity contribution is 7.71. The molecule has 2 heterocycles. The summed E-state index contributed by atoms with van der Waals surface area (Å²) in [5, 5.41) is 10.3. The van der Waals surface area contributed by atoms with Crippen LogP contribution in [-0.4, -0.2) is 34.0 Å². The number of nitrogens with one attached hydrogen (secondary N) is 1. The lowest BCUT2D eigenvalue weighted by atomic mass is 10.2. The lowest BCUT2D eigenvalue weighted by Crippen LogP contribution is -2.18. The van der Waals surface area contributed by atoms with Gasteiger partial charge in [0, 0.05) is 31.5 Å². The molecule has 0 saturated carbocycles. The average Bonchev–Trinajstić information content (AvgIpc) is 3.13. The lowest BCUT2D eigenvalue weighted by molar-refractivity contribution is 0.413. The molecule has 2 aromatic rings. The topological polar surface area (TPSA) is 73.6 Å². The number of H-pyrrole nitrogens is 1. The molecule has 0 radical (unpaired) electrons. The molecule has 1 fully saturated rings. The third kappa shape index (κ3) is 3.71. The van der Waals surface area contributed by atoms with E-state index >= 15 is 0 Å². The Morgan fingerprint density at radius 3 is 2.84 bits per heavy atom. The molecule has 25 heavy (non-hydrogen) atoms. The number of benzene rings is 1. The molecule has 1 saturated heterocycles. The molecule has 0 bridgehead atoms. The van der Waals surface area contributed by atoms with Crippen molar-refractivity contribution in [3.63, 3.8) is 0 Å². The predicted molar refractivity (Wildman–Crippen MR) is 103 cm³/mol. The number of hydrogen-bond acceptors (Lipinski definition) is 5. The molecule has 3 rings (SSSR count). The Hall–Kier alpha value is -2.67. The summed E-state index contributed by atoms with van der Waals surface area (Å²) in [5.74, 6) is -0.215. The summed E-state index contributed by atoms with van der Waals surface area (Å²) in [6.07, 6.45) is 5.36. The molecular weight excluding hydrogens is 336 g/mol. The van der Waals surface area contributed by atoms with E-state index < -0.39 is 5.56 Å². The Balaban J connectivity index is 1.93. The highest BCUT2D eigenvalue weighted by atomic mass is 32.1. The van der Waals surface area contributed by atoms with Gasteiger partial charge in [0.1, 0.15) is 5.56 Å². The smallest absolute Gasteiger partial charge is 0.264 e. The van der Waals surface area contributed by atoms with Gasteiger partial charge in [0.25, 0.3) is 5.56 Å². The van der Waals surface area contributed by atoms with Crippen molar-refractivity contribution >= 4 is 29.8 Å². The summed E-state index contributed by atoms with van der Waals surface area (Å²) >= 11 is 5.06. The number of aliphatic imine (C=N–C) groups is 1. The molecule has 0 aliphatic carbocycles. The first-order valence-corrected chi connectivity index (χ1v) is 8.57. The van der Waals surface area contributed by atoms with Gasteiger partial charge in [-0.1, -0.05) is 12.1 Å². The molecule has 2 N–H and O–H groups in total. The maximum atomic E-state index is 12.1. The molecule has 7 heteroatoms. The van der Waals surface area contributed by atoms with Crippen LogP contribution in [0.1, 0.15) is 18.4 Å². The highest BCUT2D eigenvalue weighted by Gasteiger charge is 2.13. The zero-order valence-electron chi connectivity index (χ0n) is 13.8. The molecule has 130 valence electrons. The van der Waals surface area contributed by atoms with E-state index in [1.165, 1.54) is 23.6 Å². The predicted octanol–water partition coefficient (Wildman–Crippen LogP) is 3.15. The van der Waals surface area contributed by atoms with Crippen LogP contribution in [0, 0.1) is 4.77 Å². The second-order valence-electron chi connectivity index (χ2n) is 5.87. The van der Waals surface area contributed by atoms with Gasteiger partial charge in [-0.25, -0.2) is 0 Å². The summed E-state index contributed by atoms with van der Waals surface area (Å²) in [6.45, 7) is 6.02. The Morgan fingerprint density at radius 1 is 1.36 bits per heavy atom. The van der Waals surface area contributed by atoms with E-state index in [9.17, 15) is 9.90 Å². The van der Waals surface area contributed by atoms with Crippen molar-refractivity contribution in [2.75, 3.05) is 18.0 Å². The van der Waals surface area contributed by atoms with Crippen LogP contribution in [-0.2, 0) is 6.54 Å². The second-order valence-corrected chi connectivity index (χ2v) is 6.25. The monoisotopic (exact) mass is 356 g/mol. The van der Waals surface area contributed by atoms with Gasteiger partial charge in [0.15, 0.2) is 4.77 Å². The molecular formula is C18H20N4O2S. The van der Waals surface area contributed by atoms with Gasteiger partial charge in [-0.05, 0) is 43.3 Å². The zero-order valence-corrected chi connectivity index (χ0v) is 14.6. The standard InChI is InChI=1S/C18H20N4O2S/c1-2-8-22-17(24)15(16(23)20-18(22)25)12-19-13-6-5-7-14(11-13)21-9-3-4-10-21/h2,5-7,11-12,24H,1,3-4,8-10H2,(H,20,23,25). The van der Waals surface area contributed by atoms with Crippen LogP contribution in [0.25, 0.3) is 0 Å². The fraction of sp³-hybridized carbons (Fsp3) is 0.278. The van der Waals surface area contributed by atoms with Gasteiger partial charge in [-0.15, -0.1) is 6.58 Å². The number of hydrogen-bond donors (Lipinski definition) is 2. The first-order valence-electron chi connectivity index (χ1n) is 8.16. The molecule has 0 atom stereocenters. The van der Waals surface area contributed by atoms with Gasteiger partial charge in [-0.3, -0.25) is 19.3 Å². The first kappa shape index (κ1) is 17.2. The molecule has 1 aliphatic rings. The van der Waals surface area contributed by atoms with Crippen LogP contribution >= 0.6 is 12.2 Å². The largest absolute Gasteiger partial charge is 0.494 e. The van der Waals surface area contributed by atoms with Crippen LogP contribution in [0.5, 0.6) is 5.88 Å². The molecule has 6 nitrogen and oxygen atoms in total. The van der Waals surface area contributed by atoms with Crippen LogP contribution in [0.15, 0.2) is 46.7 Å². The Kier molecular flexibility index (Phi) is 5.14. The molecule has 0 unspecified atom stereocenters. The number of anilines is 1. The fourth-order valence-electron chi connectivity index (χ4n) is 2.87. The van der Waals surface area contributed by atoms with Crippen LogP contribution in [0.4, 0.5) is 11.4 Å². The number of rotatable bonds is 5. The molecule has 1 aromatic heterocycles. The van der Waals surface area contributed by atoms with Crippen LogP contribution < -0.4 is 10.5 Å². The highest BCUT2D eigenvalue weighted by Crippen LogP contribution is 2.25. The van der Waals surface area contributed by atoms with Crippen molar-refractivity contribution < 1.29 is 5.11 Å². The molecule has 1 aliphatic heterocycles. The first-order chi connectivity index (χ1) is 12.1. The van der Waals surface area contributed by atoms with Gasteiger partial charge in [0.2, 0.25) is 5.88 Å². The number of aromatic nitrogens is 2. The molecule has 0 amide bonds. The number of nitrogens with zero attached hydrogens (tertiary/aromatic N) is 3. The summed E-state index contributed by atoms with van der Waals surface area (Å²) in [5.41, 5.74) is 1.44. The van der Waals surface area contributed by atoms with Crippen molar-refractivity contribution in [1.82, 2.24) is 9.55 Å². The minimum atomic E-state index is -0.470. The number of aromatic hydroxyl groups is 1. The zero-order chi connectivity index (χ0) is 17.8. The van der Waals surface area contributed by atoms with Crippen LogP contribution in [0.3, 0.4) is 0 Å². The SMILES string of the molecule is C=CCn1c(O)c(C=Nc2cccc(N3CCCC3)c2)c(=O)[nH]c1=S. The molecule has 0 spiro atoms. The van der Waals surface area contributed by atoms with Gasteiger partial charge < -0.3 is 10.0 Å². The summed E-state index contributed by atoms with van der Waals surface area (Å²) in [6, 6.07) is 7.83. The second kappa shape index (κ2) is 7.48. The minimum absolute atomic E-state index is 0.0713. The minimum Gasteiger partial charge on any atom is -0.494 e. The Bertz CT molecular complexity index is 923. The third-order valence-electron chi connectivity index (χ3n) is 4.16. The maximum absolute atomic E-state index is 12.1. The van der Waals surface area contributed by atoms with E-state index in [-0.39, 0.29) is 16.2 Å².